The quantitative estimate of drug-likeness (QED) is 0.747. The highest BCUT2D eigenvalue weighted by atomic mass is 16.3. The summed E-state index contributed by atoms with van der Waals surface area (Å²) in [5.74, 6) is 0.660. The molecule has 4 N–H and O–H groups in total. The number of nitrogens with two attached hydrogens (primary N) is 1. The molecule has 2 rings (SSSR count). The molecule has 1 aromatic heterocycles. The van der Waals surface area contributed by atoms with Gasteiger partial charge in [0.2, 0.25) is 0 Å². The van der Waals surface area contributed by atoms with Gasteiger partial charge in [-0.15, -0.1) is 0 Å². The van der Waals surface area contributed by atoms with Crippen LogP contribution in [0.4, 0.5) is 11.5 Å². The highest BCUT2D eigenvalue weighted by Gasteiger charge is 2.09. The number of anilines is 2. The molecular formula is C13H15N3O. The van der Waals surface area contributed by atoms with Gasteiger partial charge in [0.1, 0.15) is 5.82 Å². The third-order valence-electron chi connectivity index (χ3n) is 2.49. The highest BCUT2D eigenvalue weighted by Crippen LogP contribution is 2.18. The molecule has 0 radical (unpaired) electrons. The molecule has 0 fully saturated rings. The van der Waals surface area contributed by atoms with Crippen LogP contribution < -0.4 is 11.1 Å². The minimum atomic E-state index is -0.175. The van der Waals surface area contributed by atoms with Crippen LogP contribution >= 0.6 is 0 Å². The molecular weight excluding hydrogens is 214 g/mol. The van der Waals surface area contributed by atoms with Crippen LogP contribution in [0.1, 0.15) is 11.6 Å². The van der Waals surface area contributed by atoms with E-state index in [1.807, 2.05) is 30.3 Å². The zero-order valence-corrected chi connectivity index (χ0v) is 9.38. The molecule has 0 saturated heterocycles. The Balaban J connectivity index is 2.16. The van der Waals surface area contributed by atoms with Gasteiger partial charge in [-0.25, -0.2) is 4.98 Å². The van der Waals surface area contributed by atoms with E-state index in [1.165, 1.54) is 0 Å². The number of aliphatic hydroxyl groups excluding tert-OH is 1. The molecule has 0 bridgehead atoms. The summed E-state index contributed by atoms with van der Waals surface area (Å²) in [5, 5.41) is 12.5. The first-order valence-electron chi connectivity index (χ1n) is 5.43. The zero-order valence-electron chi connectivity index (χ0n) is 9.38. The fourth-order valence-electron chi connectivity index (χ4n) is 1.62. The maximum absolute atomic E-state index is 9.39. The second-order valence-corrected chi connectivity index (χ2v) is 3.76. The molecule has 88 valence electrons. The number of aliphatic hydroxyl groups is 1. The average Bonchev–Trinajstić information content (AvgIpc) is 2.37. The zero-order chi connectivity index (χ0) is 12.1. The Morgan fingerprint density at radius 3 is 2.65 bits per heavy atom. The van der Waals surface area contributed by atoms with E-state index in [1.54, 1.807) is 18.3 Å². The smallest absolute Gasteiger partial charge is 0.128 e. The Labute approximate surface area is 100 Å². The number of hydrogen-bond acceptors (Lipinski definition) is 4. The van der Waals surface area contributed by atoms with Crippen molar-refractivity contribution >= 4 is 11.5 Å². The molecule has 0 saturated carbocycles. The summed E-state index contributed by atoms with van der Waals surface area (Å²) in [5.41, 5.74) is 7.33. The van der Waals surface area contributed by atoms with Gasteiger partial charge in [0.05, 0.1) is 12.6 Å². The predicted octanol–water partition coefficient (Wildman–Crippen LogP) is 1.81. The summed E-state index contributed by atoms with van der Waals surface area (Å²) in [7, 11) is 0. The normalized spacial score (nSPS) is 12.1. The molecule has 0 aliphatic carbocycles. The Morgan fingerprint density at radius 2 is 2.00 bits per heavy atom. The number of pyridine rings is 1. The fraction of sp³-hybridized carbons (Fsp3) is 0.154. The second kappa shape index (κ2) is 5.32. The monoisotopic (exact) mass is 229 g/mol. The molecule has 0 aliphatic heterocycles. The summed E-state index contributed by atoms with van der Waals surface area (Å²) < 4.78 is 0. The Bertz CT molecular complexity index is 473. The van der Waals surface area contributed by atoms with Crippen molar-refractivity contribution in [2.45, 2.75) is 6.04 Å². The number of hydrogen-bond donors (Lipinski definition) is 3. The van der Waals surface area contributed by atoms with Gasteiger partial charge in [-0.2, -0.15) is 0 Å². The van der Waals surface area contributed by atoms with E-state index in [4.69, 9.17) is 5.73 Å². The number of benzene rings is 1. The summed E-state index contributed by atoms with van der Waals surface area (Å²) >= 11 is 0. The minimum absolute atomic E-state index is 0.000488. The van der Waals surface area contributed by atoms with Gasteiger partial charge >= 0.3 is 0 Å². The van der Waals surface area contributed by atoms with E-state index in [2.05, 4.69) is 10.3 Å². The van der Waals surface area contributed by atoms with E-state index >= 15 is 0 Å². The largest absolute Gasteiger partial charge is 0.399 e. The first kappa shape index (κ1) is 11.4. The minimum Gasteiger partial charge on any atom is -0.399 e. The predicted molar refractivity (Wildman–Crippen MR) is 68.5 cm³/mol. The lowest BCUT2D eigenvalue weighted by Gasteiger charge is -2.17. The highest BCUT2D eigenvalue weighted by molar-refractivity contribution is 5.49. The van der Waals surface area contributed by atoms with Gasteiger partial charge in [-0.1, -0.05) is 30.3 Å². The first-order chi connectivity index (χ1) is 8.29. The van der Waals surface area contributed by atoms with Gasteiger partial charge in [-0.05, 0) is 11.6 Å². The summed E-state index contributed by atoms with van der Waals surface area (Å²) in [6, 6.07) is 13.0. The van der Waals surface area contributed by atoms with Crippen molar-refractivity contribution in [1.82, 2.24) is 4.98 Å². The number of nitrogens with zero attached hydrogens (tertiary/aromatic N) is 1. The molecule has 1 unspecified atom stereocenters. The summed E-state index contributed by atoms with van der Waals surface area (Å²) in [6.07, 6.45) is 1.64. The standard InChI is InChI=1S/C13H15N3O/c14-11-6-7-15-13(8-11)16-12(9-17)10-4-2-1-3-5-10/h1-8,12,17H,9H2,(H3,14,15,16). The molecule has 4 heteroatoms. The topological polar surface area (TPSA) is 71.2 Å². The maximum Gasteiger partial charge on any atom is 0.128 e. The molecule has 1 atom stereocenters. The lowest BCUT2D eigenvalue weighted by Crippen LogP contribution is -2.15. The van der Waals surface area contributed by atoms with Crippen molar-refractivity contribution in [3.05, 3.63) is 54.2 Å². The van der Waals surface area contributed by atoms with Gasteiger partial charge in [0, 0.05) is 18.0 Å². The lowest BCUT2D eigenvalue weighted by atomic mass is 10.1. The Hall–Kier alpha value is -2.07. The number of rotatable bonds is 4. The van der Waals surface area contributed by atoms with Crippen molar-refractivity contribution < 1.29 is 5.11 Å². The molecule has 17 heavy (non-hydrogen) atoms. The van der Waals surface area contributed by atoms with E-state index in [9.17, 15) is 5.11 Å². The average molecular weight is 229 g/mol. The van der Waals surface area contributed by atoms with Crippen LogP contribution in [-0.2, 0) is 0 Å². The van der Waals surface area contributed by atoms with Crippen LogP contribution in [0.15, 0.2) is 48.7 Å². The molecule has 0 spiro atoms. The van der Waals surface area contributed by atoms with Gasteiger partial charge in [-0.3, -0.25) is 0 Å². The molecule has 0 aliphatic rings. The third-order valence-corrected chi connectivity index (χ3v) is 2.49. The SMILES string of the molecule is Nc1ccnc(NC(CO)c2ccccc2)c1. The van der Waals surface area contributed by atoms with Crippen molar-refractivity contribution in [2.75, 3.05) is 17.7 Å². The van der Waals surface area contributed by atoms with Crippen LogP contribution in [0.2, 0.25) is 0 Å². The van der Waals surface area contributed by atoms with E-state index < -0.39 is 0 Å². The molecule has 0 amide bonds. The van der Waals surface area contributed by atoms with Gasteiger partial charge < -0.3 is 16.2 Å². The summed E-state index contributed by atoms with van der Waals surface area (Å²) in [4.78, 5) is 4.15. The van der Waals surface area contributed by atoms with Crippen LogP contribution in [-0.4, -0.2) is 16.7 Å². The van der Waals surface area contributed by atoms with E-state index in [-0.39, 0.29) is 12.6 Å². The van der Waals surface area contributed by atoms with Gasteiger partial charge in [0.15, 0.2) is 0 Å². The number of aromatic nitrogens is 1. The number of nitrogen functional groups attached to an aromatic ring is 1. The van der Waals surface area contributed by atoms with Crippen molar-refractivity contribution in [2.24, 2.45) is 0 Å². The van der Waals surface area contributed by atoms with E-state index in [0.29, 0.717) is 11.5 Å². The van der Waals surface area contributed by atoms with Crippen LogP contribution in [0.25, 0.3) is 0 Å². The Morgan fingerprint density at radius 1 is 1.24 bits per heavy atom. The fourth-order valence-corrected chi connectivity index (χ4v) is 1.62. The maximum atomic E-state index is 9.39. The third kappa shape index (κ3) is 2.95. The van der Waals surface area contributed by atoms with Crippen LogP contribution in [0.5, 0.6) is 0 Å². The Kier molecular flexibility index (Phi) is 3.57. The van der Waals surface area contributed by atoms with Crippen LogP contribution in [0, 0.1) is 0 Å². The van der Waals surface area contributed by atoms with Gasteiger partial charge in [0.25, 0.3) is 0 Å². The molecule has 2 aromatic rings. The van der Waals surface area contributed by atoms with Crippen molar-refractivity contribution in [1.29, 1.82) is 0 Å². The molecule has 4 nitrogen and oxygen atoms in total. The molecule has 1 heterocycles. The lowest BCUT2D eigenvalue weighted by molar-refractivity contribution is 0.276. The second-order valence-electron chi connectivity index (χ2n) is 3.76. The van der Waals surface area contributed by atoms with E-state index in [0.717, 1.165) is 5.56 Å². The number of nitrogens with one attached hydrogen (secondary N) is 1. The molecule has 1 aromatic carbocycles. The van der Waals surface area contributed by atoms with Crippen molar-refractivity contribution in [3.63, 3.8) is 0 Å². The van der Waals surface area contributed by atoms with Crippen molar-refractivity contribution in [3.8, 4) is 0 Å². The van der Waals surface area contributed by atoms with Crippen LogP contribution in [0.3, 0.4) is 0 Å². The first-order valence-corrected chi connectivity index (χ1v) is 5.43. The summed E-state index contributed by atoms with van der Waals surface area (Å²) in [6.45, 7) is 0.000488.